The van der Waals surface area contributed by atoms with Gasteiger partial charge in [-0.05, 0) is 29.8 Å². The smallest absolute Gasteiger partial charge is 0.195 e. The van der Waals surface area contributed by atoms with Gasteiger partial charge in [0.05, 0.1) is 7.11 Å². The van der Waals surface area contributed by atoms with E-state index < -0.39 is 0 Å². The molecule has 0 unspecified atom stereocenters. The Balaban J connectivity index is 1.92. The number of ether oxygens (including phenoxy) is 1. The molecule has 3 aromatic carbocycles. The van der Waals surface area contributed by atoms with Crippen molar-refractivity contribution in [2.75, 3.05) is 12.4 Å². The van der Waals surface area contributed by atoms with Crippen molar-refractivity contribution in [2.45, 2.75) is 0 Å². The van der Waals surface area contributed by atoms with Crippen molar-refractivity contribution >= 4 is 17.0 Å². The molecule has 3 aromatic rings. The first-order valence-electron chi connectivity index (χ1n) is 8.04. The van der Waals surface area contributed by atoms with Gasteiger partial charge in [0, 0.05) is 23.0 Å². The number of ketones is 1. The molecule has 0 fully saturated rings. The van der Waals surface area contributed by atoms with Gasteiger partial charge in [-0.3, -0.25) is 4.79 Å². The average molecular weight is 329 g/mol. The van der Waals surface area contributed by atoms with Crippen LogP contribution in [0.5, 0.6) is 5.75 Å². The normalized spacial score (nSPS) is 11.0. The van der Waals surface area contributed by atoms with Gasteiger partial charge in [-0.15, -0.1) is 0 Å². The van der Waals surface area contributed by atoms with Crippen LogP contribution in [0.4, 0.5) is 5.69 Å². The highest BCUT2D eigenvalue weighted by Gasteiger charge is 2.13. The number of hydrogen-bond donors (Lipinski definition) is 1. The lowest BCUT2D eigenvalue weighted by molar-refractivity contribution is 0.105. The molecule has 0 aromatic heterocycles. The summed E-state index contributed by atoms with van der Waals surface area (Å²) in [6, 6.07) is 26.5. The Kier molecular flexibility index (Phi) is 5.27. The van der Waals surface area contributed by atoms with Crippen LogP contribution in [0.15, 0.2) is 91.1 Å². The van der Waals surface area contributed by atoms with Crippen LogP contribution in [-0.2, 0) is 0 Å². The number of carbonyl (C=O) groups is 1. The van der Waals surface area contributed by atoms with Crippen molar-refractivity contribution in [3.63, 3.8) is 0 Å². The second-order valence-electron chi connectivity index (χ2n) is 5.49. The SMILES string of the molecule is COc1ccc(N/C=C(\C(=O)c2ccccc2)c2ccccc2)cc1. The number of anilines is 1. The highest BCUT2D eigenvalue weighted by Crippen LogP contribution is 2.21. The third kappa shape index (κ3) is 4.15. The largest absolute Gasteiger partial charge is 0.497 e. The molecule has 0 amide bonds. The van der Waals surface area contributed by atoms with E-state index in [9.17, 15) is 4.79 Å². The van der Waals surface area contributed by atoms with Crippen molar-refractivity contribution in [3.05, 3.63) is 102 Å². The highest BCUT2D eigenvalue weighted by atomic mass is 16.5. The number of allylic oxidation sites excluding steroid dienone is 1. The molecule has 3 heteroatoms. The van der Waals surface area contributed by atoms with Crippen LogP contribution in [0.2, 0.25) is 0 Å². The molecule has 0 bridgehead atoms. The lowest BCUT2D eigenvalue weighted by atomic mass is 9.97. The quantitative estimate of drug-likeness (QED) is 0.509. The van der Waals surface area contributed by atoms with Crippen molar-refractivity contribution in [3.8, 4) is 5.75 Å². The summed E-state index contributed by atoms with van der Waals surface area (Å²) in [5, 5.41) is 3.21. The Hall–Kier alpha value is -3.33. The molecule has 0 aliphatic carbocycles. The van der Waals surface area contributed by atoms with Crippen molar-refractivity contribution in [1.82, 2.24) is 0 Å². The maximum Gasteiger partial charge on any atom is 0.195 e. The minimum Gasteiger partial charge on any atom is -0.497 e. The minimum absolute atomic E-state index is 0.0205. The first kappa shape index (κ1) is 16.5. The maximum absolute atomic E-state index is 12.9. The van der Waals surface area contributed by atoms with Gasteiger partial charge < -0.3 is 10.1 Å². The fourth-order valence-electron chi connectivity index (χ4n) is 2.49. The molecular formula is C22H19NO2. The summed E-state index contributed by atoms with van der Waals surface area (Å²) in [5.74, 6) is 0.769. The molecule has 0 radical (unpaired) electrons. The van der Waals surface area contributed by atoms with Gasteiger partial charge in [-0.25, -0.2) is 0 Å². The number of nitrogens with one attached hydrogen (secondary N) is 1. The van der Waals surface area contributed by atoms with Gasteiger partial charge in [0.1, 0.15) is 5.75 Å². The summed E-state index contributed by atoms with van der Waals surface area (Å²) in [6.45, 7) is 0. The van der Waals surface area contributed by atoms with E-state index in [2.05, 4.69) is 5.32 Å². The topological polar surface area (TPSA) is 38.3 Å². The maximum atomic E-state index is 12.9. The van der Waals surface area contributed by atoms with E-state index in [1.54, 1.807) is 13.3 Å². The predicted octanol–water partition coefficient (Wildman–Crippen LogP) is 5.03. The van der Waals surface area contributed by atoms with Crippen LogP contribution in [0, 0.1) is 0 Å². The lowest BCUT2D eigenvalue weighted by Gasteiger charge is -2.09. The summed E-state index contributed by atoms with van der Waals surface area (Å²) >= 11 is 0. The van der Waals surface area contributed by atoms with E-state index in [0.29, 0.717) is 11.1 Å². The molecule has 0 spiro atoms. The zero-order valence-corrected chi connectivity index (χ0v) is 14.0. The average Bonchev–Trinajstić information content (AvgIpc) is 2.70. The molecule has 0 atom stereocenters. The number of rotatable bonds is 6. The number of hydrogen-bond acceptors (Lipinski definition) is 3. The first-order valence-corrected chi connectivity index (χ1v) is 8.04. The summed E-state index contributed by atoms with van der Waals surface area (Å²) < 4.78 is 5.16. The molecule has 3 rings (SSSR count). The zero-order chi connectivity index (χ0) is 17.5. The molecule has 0 saturated carbocycles. The lowest BCUT2D eigenvalue weighted by Crippen LogP contribution is -2.05. The Bertz CT molecular complexity index is 854. The predicted molar refractivity (Wildman–Crippen MR) is 102 cm³/mol. The van der Waals surface area contributed by atoms with Gasteiger partial charge in [0.2, 0.25) is 0 Å². The van der Waals surface area contributed by atoms with E-state index in [1.807, 2.05) is 84.9 Å². The van der Waals surface area contributed by atoms with Crippen LogP contribution in [0.25, 0.3) is 5.57 Å². The summed E-state index contributed by atoms with van der Waals surface area (Å²) in [4.78, 5) is 12.9. The monoisotopic (exact) mass is 329 g/mol. The van der Waals surface area contributed by atoms with E-state index in [0.717, 1.165) is 17.0 Å². The van der Waals surface area contributed by atoms with E-state index in [1.165, 1.54) is 0 Å². The number of carbonyl (C=O) groups excluding carboxylic acids is 1. The number of benzene rings is 3. The number of methoxy groups -OCH3 is 1. The molecule has 0 saturated heterocycles. The summed E-state index contributed by atoms with van der Waals surface area (Å²) in [7, 11) is 1.63. The third-order valence-corrected chi connectivity index (χ3v) is 3.84. The van der Waals surface area contributed by atoms with E-state index in [4.69, 9.17) is 4.74 Å². The zero-order valence-electron chi connectivity index (χ0n) is 14.0. The molecule has 124 valence electrons. The van der Waals surface area contributed by atoms with E-state index in [-0.39, 0.29) is 5.78 Å². The van der Waals surface area contributed by atoms with Crippen LogP contribution in [0.1, 0.15) is 15.9 Å². The van der Waals surface area contributed by atoms with Crippen molar-refractivity contribution in [1.29, 1.82) is 0 Å². The Labute approximate surface area is 147 Å². The van der Waals surface area contributed by atoms with Gasteiger partial charge in [-0.2, -0.15) is 0 Å². The van der Waals surface area contributed by atoms with Gasteiger partial charge in [-0.1, -0.05) is 60.7 Å². The standard InChI is InChI=1S/C22H19NO2/c1-25-20-14-12-19(13-15-20)23-16-21(17-8-4-2-5-9-17)22(24)18-10-6-3-7-11-18/h2-16,23H,1H3/b21-16-. The summed E-state index contributed by atoms with van der Waals surface area (Å²) in [5.41, 5.74) is 3.03. The van der Waals surface area contributed by atoms with Crippen LogP contribution < -0.4 is 10.1 Å². The molecule has 0 aliphatic heterocycles. The number of Topliss-reactive ketones (excluding diaryl/α,β-unsaturated/α-hetero) is 1. The Morgan fingerprint density at radius 3 is 1.92 bits per heavy atom. The Morgan fingerprint density at radius 2 is 1.36 bits per heavy atom. The first-order chi connectivity index (χ1) is 12.3. The fourth-order valence-corrected chi connectivity index (χ4v) is 2.49. The van der Waals surface area contributed by atoms with Gasteiger partial charge in [0.25, 0.3) is 0 Å². The fraction of sp³-hybridized carbons (Fsp3) is 0.0455. The van der Waals surface area contributed by atoms with E-state index >= 15 is 0 Å². The van der Waals surface area contributed by atoms with Gasteiger partial charge >= 0.3 is 0 Å². The second-order valence-corrected chi connectivity index (χ2v) is 5.49. The molecule has 3 nitrogen and oxygen atoms in total. The molecule has 1 N–H and O–H groups in total. The van der Waals surface area contributed by atoms with Crippen molar-refractivity contribution < 1.29 is 9.53 Å². The molecule has 0 aliphatic rings. The Morgan fingerprint density at radius 1 is 0.800 bits per heavy atom. The van der Waals surface area contributed by atoms with Crippen molar-refractivity contribution in [2.24, 2.45) is 0 Å². The minimum atomic E-state index is -0.0205. The van der Waals surface area contributed by atoms with Crippen LogP contribution in [-0.4, -0.2) is 12.9 Å². The molecule has 0 heterocycles. The second kappa shape index (κ2) is 7.97. The third-order valence-electron chi connectivity index (χ3n) is 3.84. The molecular weight excluding hydrogens is 310 g/mol. The van der Waals surface area contributed by atoms with Gasteiger partial charge in [0.15, 0.2) is 5.78 Å². The van der Waals surface area contributed by atoms with Crippen LogP contribution in [0.3, 0.4) is 0 Å². The van der Waals surface area contributed by atoms with Crippen LogP contribution >= 0.6 is 0 Å². The highest BCUT2D eigenvalue weighted by molar-refractivity contribution is 6.29. The summed E-state index contributed by atoms with van der Waals surface area (Å²) in [6.07, 6.45) is 1.76. The molecule has 25 heavy (non-hydrogen) atoms.